The normalized spacial score (nSPS) is 24.1. The van der Waals surface area contributed by atoms with Crippen molar-refractivity contribution in [1.82, 2.24) is 14.8 Å². The summed E-state index contributed by atoms with van der Waals surface area (Å²) in [6, 6.07) is 24.2. The molecule has 0 radical (unpaired) electrons. The van der Waals surface area contributed by atoms with E-state index in [1.807, 2.05) is 24.5 Å². The molecule has 4 nitrogen and oxygen atoms in total. The smallest absolute Gasteiger partial charge is 0.0593 e. The molecule has 170 valence electrons. The Morgan fingerprint density at radius 2 is 1.64 bits per heavy atom. The Balaban J connectivity index is 1.31. The van der Waals surface area contributed by atoms with Crippen molar-refractivity contribution >= 4 is 12.2 Å². The standard InChI is InChI=1S/C29H33N3O/c33-22-28-29(26-14-12-24(13-15-26)11-10-23-7-2-1-3-8-23)27-21-31(17-4-5-18-32(27)28)20-25-9-6-16-30-19-25/h1-3,6-16,19,27-29,33H,4-5,17-18,20-22H2/t27-,28+,29-/m0/s1. The van der Waals surface area contributed by atoms with E-state index < -0.39 is 0 Å². The zero-order valence-corrected chi connectivity index (χ0v) is 19.1. The maximum absolute atomic E-state index is 10.2. The van der Waals surface area contributed by atoms with E-state index in [2.05, 4.69) is 81.5 Å². The number of hydrogen-bond acceptors (Lipinski definition) is 4. The van der Waals surface area contributed by atoms with Crippen LogP contribution < -0.4 is 0 Å². The molecule has 2 fully saturated rings. The van der Waals surface area contributed by atoms with Gasteiger partial charge in [0.1, 0.15) is 0 Å². The van der Waals surface area contributed by atoms with E-state index in [1.165, 1.54) is 35.1 Å². The lowest BCUT2D eigenvalue weighted by molar-refractivity contribution is -0.0655. The predicted molar refractivity (Wildman–Crippen MR) is 135 cm³/mol. The van der Waals surface area contributed by atoms with E-state index in [0.717, 1.165) is 26.2 Å². The van der Waals surface area contributed by atoms with E-state index in [-0.39, 0.29) is 12.6 Å². The summed E-state index contributed by atoms with van der Waals surface area (Å²) in [5, 5.41) is 10.2. The molecule has 1 aromatic heterocycles. The van der Waals surface area contributed by atoms with E-state index in [1.54, 1.807) is 0 Å². The molecule has 0 amide bonds. The molecule has 33 heavy (non-hydrogen) atoms. The number of aliphatic hydroxyl groups excluding tert-OH is 1. The predicted octanol–water partition coefficient (Wildman–Crippen LogP) is 4.68. The number of fused-ring (bicyclic) bond motifs is 1. The molecule has 4 heteroatoms. The quantitative estimate of drug-likeness (QED) is 0.566. The molecule has 5 rings (SSSR count). The Hall–Kier alpha value is -2.79. The summed E-state index contributed by atoms with van der Waals surface area (Å²) < 4.78 is 0. The molecule has 3 heterocycles. The number of nitrogens with zero attached hydrogens (tertiary/aromatic N) is 3. The van der Waals surface area contributed by atoms with Crippen LogP contribution in [0, 0.1) is 0 Å². The van der Waals surface area contributed by atoms with Crippen molar-refractivity contribution in [3.8, 4) is 0 Å². The average Bonchev–Trinajstić information content (AvgIpc) is 2.85. The minimum Gasteiger partial charge on any atom is -0.395 e. The van der Waals surface area contributed by atoms with Gasteiger partial charge in [0.05, 0.1) is 6.61 Å². The molecule has 0 saturated carbocycles. The minimum absolute atomic E-state index is 0.221. The van der Waals surface area contributed by atoms with Gasteiger partial charge in [0.2, 0.25) is 0 Å². The van der Waals surface area contributed by atoms with Gasteiger partial charge in [-0.1, -0.05) is 72.8 Å². The summed E-state index contributed by atoms with van der Waals surface area (Å²) in [4.78, 5) is 9.41. The number of hydrogen-bond donors (Lipinski definition) is 1. The topological polar surface area (TPSA) is 39.6 Å². The highest BCUT2D eigenvalue weighted by atomic mass is 16.3. The molecule has 0 bridgehead atoms. The summed E-state index contributed by atoms with van der Waals surface area (Å²) in [6.07, 6.45) is 10.5. The van der Waals surface area contributed by atoms with Gasteiger partial charge in [0, 0.05) is 43.5 Å². The van der Waals surface area contributed by atoms with Crippen molar-refractivity contribution in [2.24, 2.45) is 0 Å². The van der Waals surface area contributed by atoms with Crippen LogP contribution in [0.4, 0.5) is 0 Å². The van der Waals surface area contributed by atoms with Gasteiger partial charge >= 0.3 is 0 Å². The van der Waals surface area contributed by atoms with Crippen LogP contribution in [0.3, 0.4) is 0 Å². The van der Waals surface area contributed by atoms with Crippen LogP contribution in [0.2, 0.25) is 0 Å². The molecule has 3 aromatic rings. The summed E-state index contributed by atoms with van der Waals surface area (Å²) in [7, 11) is 0. The second kappa shape index (κ2) is 10.4. The maximum atomic E-state index is 10.2. The number of rotatable bonds is 6. The molecule has 2 aromatic carbocycles. The fraction of sp³-hybridized carbons (Fsp3) is 0.345. The highest BCUT2D eigenvalue weighted by molar-refractivity contribution is 5.69. The molecule has 0 spiro atoms. The molecule has 0 unspecified atom stereocenters. The molecule has 2 aliphatic rings. The molecular formula is C29H33N3O. The first kappa shape index (κ1) is 22.0. The van der Waals surface area contributed by atoms with Gasteiger partial charge in [-0.15, -0.1) is 0 Å². The Morgan fingerprint density at radius 3 is 2.36 bits per heavy atom. The Bertz CT molecular complexity index is 1040. The van der Waals surface area contributed by atoms with Crippen LogP contribution in [0.15, 0.2) is 79.1 Å². The molecular weight excluding hydrogens is 406 g/mol. The lowest BCUT2D eigenvalue weighted by Crippen LogP contribution is -2.67. The lowest BCUT2D eigenvalue weighted by Gasteiger charge is -2.57. The first-order valence-electron chi connectivity index (χ1n) is 12.1. The van der Waals surface area contributed by atoms with Crippen LogP contribution in [0.25, 0.3) is 12.2 Å². The summed E-state index contributed by atoms with van der Waals surface area (Å²) in [5.74, 6) is 0.372. The number of aliphatic hydroxyl groups is 1. The second-order valence-electron chi connectivity index (χ2n) is 9.30. The summed E-state index contributed by atoms with van der Waals surface area (Å²) >= 11 is 0. The minimum atomic E-state index is 0.221. The zero-order chi connectivity index (χ0) is 22.5. The first-order valence-corrected chi connectivity index (χ1v) is 12.1. The van der Waals surface area contributed by atoms with Gasteiger partial charge in [0.15, 0.2) is 0 Å². The second-order valence-corrected chi connectivity index (χ2v) is 9.30. The van der Waals surface area contributed by atoms with Crippen molar-refractivity contribution in [1.29, 1.82) is 0 Å². The monoisotopic (exact) mass is 439 g/mol. The number of aromatic nitrogens is 1. The van der Waals surface area contributed by atoms with Crippen LogP contribution >= 0.6 is 0 Å². The molecule has 3 atom stereocenters. The van der Waals surface area contributed by atoms with E-state index in [0.29, 0.717) is 12.0 Å². The summed E-state index contributed by atoms with van der Waals surface area (Å²) in [5.41, 5.74) is 5.03. The van der Waals surface area contributed by atoms with Crippen LogP contribution in [0.5, 0.6) is 0 Å². The number of pyridine rings is 1. The fourth-order valence-corrected chi connectivity index (χ4v) is 5.49. The summed E-state index contributed by atoms with van der Waals surface area (Å²) in [6.45, 7) is 4.41. The van der Waals surface area contributed by atoms with Gasteiger partial charge in [-0.25, -0.2) is 0 Å². The van der Waals surface area contributed by atoms with Crippen molar-refractivity contribution < 1.29 is 5.11 Å². The molecule has 2 saturated heterocycles. The van der Waals surface area contributed by atoms with Crippen LogP contribution in [-0.4, -0.2) is 58.2 Å². The highest BCUT2D eigenvalue weighted by Gasteiger charge is 2.48. The van der Waals surface area contributed by atoms with Crippen molar-refractivity contribution in [2.75, 3.05) is 26.2 Å². The maximum Gasteiger partial charge on any atom is 0.0593 e. The third-order valence-corrected chi connectivity index (χ3v) is 7.17. The Kier molecular flexibility index (Phi) is 6.96. The van der Waals surface area contributed by atoms with Gasteiger partial charge in [-0.05, 0) is 54.3 Å². The van der Waals surface area contributed by atoms with Gasteiger partial charge in [0.25, 0.3) is 0 Å². The SMILES string of the molecule is OC[C@@H]1[C@@H](c2ccc(C=Cc3ccccc3)cc2)[C@@H]2CN(Cc3cccnc3)CCCCN12. The van der Waals surface area contributed by atoms with Gasteiger partial charge in [-0.3, -0.25) is 14.8 Å². The zero-order valence-electron chi connectivity index (χ0n) is 19.1. The van der Waals surface area contributed by atoms with Crippen molar-refractivity contribution in [3.05, 3.63) is 101 Å². The van der Waals surface area contributed by atoms with Gasteiger partial charge < -0.3 is 5.11 Å². The van der Waals surface area contributed by atoms with Gasteiger partial charge in [-0.2, -0.15) is 0 Å². The molecule has 2 aliphatic heterocycles. The Labute approximate surface area is 197 Å². The molecule has 1 N–H and O–H groups in total. The fourth-order valence-electron chi connectivity index (χ4n) is 5.49. The number of benzene rings is 2. The third kappa shape index (κ3) is 5.09. The largest absolute Gasteiger partial charge is 0.395 e. The third-order valence-electron chi connectivity index (χ3n) is 7.17. The van der Waals surface area contributed by atoms with E-state index in [4.69, 9.17) is 0 Å². The van der Waals surface area contributed by atoms with E-state index >= 15 is 0 Å². The van der Waals surface area contributed by atoms with Crippen molar-refractivity contribution in [3.63, 3.8) is 0 Å². The van der Waals surface area contributed by atoms with Crippen LogP contribution in [-0.2, 0) is 6.54 Å². The lowest BCUT2D eigenvalue weighted by atomic mass is 9.74. The highest BCUT2D eigenvalue weighted by Crippen LogP contribution is 2.42. The Morgan fingerprint density at radius 1 is 0.879 bits per heavy atom. The van der Waals surface area contributed by atoms with Crippen molar-refractivity contribution in [2.45, 2.75) is 37.4 Å². The first-order chi connectivity index (χ1) is 16.3. The van der Waals surface area contributed by atoms with E-state index in [9.17, 15) is 5.11 Å². The van der Waals surface area contributed by atoms with Crippen LogP contribution in [0.1, 0.15) is 41.0 Å². The average molecular weight is 440 g/mol. The molecule has 0 aliphatic carbocycles.